The van der Waals surface area contributed by atoms with E-state index in [9.17, 15) is 9.18 Å². The molecular weight excluding hydrogens is 239 g/mol. The fourth-order valence-electron chi connectivity index (χ4n) is 1.19. The van der Waals surface area contributed by atoms with Crippen LogP contribution in [0.5, 0.6) is 0 Å². The lowest BCUT2D eigenvalue weighted by molar-refractivity contribution is 0.177. The maximum absolute atomic E-state index is 12.7. The Morgan fingerprint density at radius 3 is 2.88 bits per heavy atom. The van der Waals surface area contributed by atoms with Crippen LogP contribution in [0, 0.1) is 5.95 Å². The van der Waals surface area contributed by atoms with Crippen LogP contribution in [-0.2, 0) is 6.42 Å². The highest BCUT2D eigenvalue weighted by molar-refractivity contribution is 6.30. The number of nitrogens with one attached hydrogen (secondary N) is 1. The molecule has 16 heavy (non-hydrogen) atoms. The summed E-state index contributed by atoms with van der Waals surface area (Å²) in [6, 6.07) is 0.677. The quantitative estimate of drug-likeness (QED) is 0.696. The van der Waals surface area contributed by atoms with Gasteiger partial charge in [-0.05, 0) is 18.1 Å². The van der Waals surface area contributed by atoms with E-state index >= 15 is 0 Å². The second kappa shape index (κ2) is 5.62. The van der Waals surface area contributed by atoms with E-state index in [2.05, 4.69) is 10.3 Å². The number of aliphatic hydroxyl groups is 1. The molecule has 1 heterocycles. The third-order valence-electron chi connectivity index (χ3n) is 1.88. The van der Waals surface area contributed by atoms with Gasteiger partial charge in [-0.3, -0.25) is 0 Å². The summed E-state index contributed by atoms with van der Waals surface area (Å²) in [5, 5.41) is 19.4. The van der Waals surface area contributed by atoms with Gasteiger partial charge in [-0.1, -0.05) is 11.6 Å². The van der Waals surface area contributed by atoms with Crippen molar-refractivity contribution in [3.05, 3.63) is 28.8 Å². The number of halogens is 2. The van der Waals surface area contributed by atoms with Crippen LogP contribution in [0.2, 0.25) is 5.02 Å². The molecule has 0 aliphatic rings. The summed E-state index contributed by atoms with van der Waals surface area (Å²) >= 11 is 5.51. The van der Waals surface area contributed by atoms with Gasteiger partial charge < -0.3 is 15.5 Å². The van der Waals surface area contributed by atoms with Crippen molar-refractivity contribution in [3.8, 4) is 0 Å². The molecule has 1 aromatic rings. The summed E-state index contributed by atoms with van der Waals surface area (Å²) in [6.07, 6.45) is 0.198. The van der Waals surface area contributed by atoms with Crippen LogP contribution in [0.3, 0.4) is 0 Å². The van der Waals surface area contributed by atoms with Crippen LogP contribution in [0.25, 0.3) is 0 Å². The summed E-state index contributed by atoms with van der Waals surface area (Å²) in [5.74, 6) is -0.780. The van der Waals surface area contributed by atoms with Crippen molar-refractivity contribution in [2.24, 2.45) is 0 Å². The lowest BCUT2D eigenvalue weighted by Crippen LogP contribution is -2.38. The van der Waals surface area contributed by atoms with Crippen LogP contribution in [0.1, 0.15) is 5.56 Å². The van der Waals surface area contributed by atoms with E-state index in [1.54, 1.807) is 0 Å². The highest BCUT2D eigenvalue weighted by Gasteiger charge is 2.12. The number of nitrogens with zero attached hydrogens (tertiary/aromatic N) is 1. The minimum Gasteiger partial charge on any atom is -0.465 e. The van der Waals surface area contributed by atoms with Crippen molar-refractivity contribution in [1.82, 2.24) is 10.3 Å². The third kappa shape index (κ3) is 3.63. The van der Waals surface area contributed by atoms with Crippen molar-refractivity contribution in [3.63, 3.8) is 0 Å². The molecule has 3 N–H and O–H groups in total. The Labute approximate surface area is 95.9 Å². The lowest BCUT2D eigenvalue weighted by atomic mass is 10.1. The Balaban J connectivity index is 2.70. The van der Waals surface area contributed by atoms with Gasteiger partial charge in [0.15, 0.2) is 0 Å². The zero-order chi connectivity index (χ0) is 12.1. The predicted molar refractivity (Wildman–Crippen MR) is 54.9 cm³/mol. The molecule has 1 rings (SSSR count). The van der Waals surface area contributed by atoms with E-state index in [1.165, 1.54) is 12.3 Å². The van der Waals surface area contributed by atoms with Crippen LogP contribution in [-0.4, -0.2) is 33.9 Å². The first-order chi connectivity index (χ1) is 7.52. The van der Waals surface area contributed by atoms with Gasteiger partial charge in [-0.25, -0.2) is 9.78 Å². The highest BCUT2D eigenvalue weighted by Crippen LogP contribution is 2.14. The molecule has 1 unspecified atom stereocenters. The Bertz CT molecular complexity index is 389. The van der Waals surface area contributed by atoms with Crippen molar-refractivity contribution < 1.29 is 19.4 Å². The molecule has 88 valence electrons. The highest BCUT2D eigenvalue weighted by atomic mass is 35.5. The number of aromatic nitrogens is 1. The van der Waals surface area contributed by atoms with Gasteiger partial charge in [0.1, 0.15) is 0 Å². The Kier molecular flexibility index (Phi) is 4.45. The fraction of sp³-hybridized carbons (Fsp3) is 0.333. The maximum atomic E-state index is 12.7. The third-order valence-corrected chi connectivity index (χ3v) is 2.15. The minimum atomic E-state index is -1.24. The summed E-state index contributed by atoms with van der Waals surface area (Å²) in [5.41, 5.74) is 0.541. The zero-order valence-electron chi connectivity index (χ0n) is 8.15. The minimum absolute atomic E-state index is 0.135. The smallest absolute Gasteiger partial charge is 0.404 e. The normalized spacial score (nSPS) is 12.2. The molecule has 0 radical (unpaired) electrons. The molecule has 1 aromatic heterocycles. The van der Waals surface area contributed by atoms with Crippen LogP contribution in [0.15, 0.2) is 12.3 Å². The van der Waals surface area contributed by atoms with E-state index in [0.717, 1.165) is 0 Å². The van der Waals surface area contributed by atoms with Gasteiger partial charge >= 0.3 is 6.09 Å². The first-order valence-corrected chi connectivity index (χ1v) is 4.81. The number of carbonyl (C=O) groups is 1. The van der Waals surface area contributed by atoms with E-state index in [-0.39, 0.29) is 18.1 Å². The van der Waals surface area contributed by atoms with Crippen molar-refractivity contribution in [2.45, 2.75) is 12.5 Å². The second-order valence-corrected chi connectivity index (χ2v) is 3.56. The van der Waals surface area contributed by atoms with Crippen molar-refractivity contribution >= 4 is 17.7 Å². The standard InChI is InChI=1S/C9H10ClFN2O3/c10-7-2-5(3-12-8(7)11)1-6(4-14)13-9(15)16/h2-3,6,13-14H,1,4H2,(H,15,16). The number of amides is 1. The summed E-state index contributed by atoms with van der Waals surface area (Å²) < 4.78 is 12.7. The van der Waals surface area contributed by atoms with E-state index in [0.29, 0.717) is 5.56 Å². The molecule has 0 aliphatic carbocycles. The molecule has 0 spiro atoms. The molecule has 0 aliphatic heterocycles. The van der Waals surface area contributed by atoms with Gasteiger partial charge in [0.05, 0.1) is 17.7 Å². The Hall–Kier alpha value is -1.40. The molecule has 5 nitrogen and oxygen atoms in total. The molecular formula is C9H10ClFN2O3. The molecule has 1 atom stereocenters. The van der Waals surface area contributed by atoms with Crippen LogP contribution < -0.4 is 5.32 Å². The van der Waals surface area contributed by atoms with E-state index in [4.69, 9.17) is 21.8 Å². The number of carboxylic acid groups (broad SMARTS) is 1. The van der Waals surface area contributed by atoms with Crippen molar-refractivity contribution in [2.75, 3.05) is 6.61 Å². The molecule has 0 saturated heterocycles. The maximum Gasteiger partial charge on any atom is 0.404 e. The average molecular weight is 249 g/mol. The summed E-state index contributed by atoms with van der Waals surface area (Å²) in [7, 11) is 0. The second-order valence-electron chi connectivity index (χ2n) is 3.15. The zero-order valence-corrected chi connectivity index (χ0v) is 8.91. The topological polar surface area (TPSA) is 82.5 Å². The number of rotatable bonds is 4. The number of pyridine rings is 1. The SMILES string of the molecule is O=C(O)NC(CO)Cc1cnc(F)c(Cl)c1. The Morgan fingerprint density at radius 1 is 1.69 bits per heavy atom. The average Bonchev–Trinajstić information content (AvgIpc) is 2.22. The number of hydrogen-bond donors (Lipinski definition) is 3. The van der Waals surface area contributed by atoms with Gasteiger partial charge in [-0.15, -0.1) is 0 Å². The molecule has 0 aromatic carbocycles. The first-order valence-electron chi connectivity index (χ1n) is 4.43. The number of aliphatic hydroxyl groups excluding tert-OH is 1. The predicted octanol–water partition coefficient (Wildman–Crippen LogP) is 1.05. The van der Waals surface area contributed by atoms with E-state index in [1.807, 2.05) is 0 Å². The first kappa shape index (κ1) is 12.7. The largest absolute Gasteiger partial charge is 0.465 e. The molecule has 1 amide bonds. The summed E-state index contributed by atoms with van der Waals surface area (Å²) in [4.78, 5) is 13.7. The van der Waals surface area contributed by atoms with Crippen LogP contribution in [0.4, 0.5) is 9.18 Å². The van der Waals surface area contributed by atoms with Crippen molar-refractivity contribution in [1.29, 1.82) is 0 Å². The molecule has 0 bridgehead atoms. The molecule has 0 fully saturated rings. The monoisotopic (exact) mass is 248 g/mol. The lowest BCUT2D eigenvalue weighted by Gasteiger charge is -2.13. The summed E-state index contributed by atoms with van der Waals surface area (Å²) in [6.45, 7) is -0.360. The number of hydrogen-bond acceptors (Lipinski definition) is 3. The van der Waals surface area contributed by atoms with Crippen LogP contribution >= 0.6 is 11.6 Å². The van der Waals surface area contributed by atoms with Gasteiger partial charge in [0.2, 0.25) is 5.95 Å². The Morgan fingerprint density at radius 2 is 2.38 bits per heavy atom. The molecule has 0 saturated carbocycles. The fourth-order valence-corrected chi connectivity index (χ4v) is 1.38. The van der Waals surface area contributed by atoms with E-state index < -0.39 is 18.1 Å². The molecule has 7 heteroatoms. The van der Waals surface area contributed by atoms with Gasteiger partial charge in [-0.2, -0.15) is 4.39 Å². The van der Waals surface area contributed by atoms with Gasteiger partial charge in [0.25, 0.3) is 0 Å². The van der Waals surface area contributed by atoms with Gasteiger partial charge in [0, 0.05) is 6.20 Å².